The molecular weight excluding hydrogens is 1110 g/mol. The number of benzene rings is 5. The van der Waals surface area contributed by atoms with E-state index in [-0.39, 0.29) is 71.0 Å². The molecule has 7 amide bonds. The first-order valence-electron chi connectivity index (χ1n) is 25.2. The fourth-order valence-electron chi connectivity index (χ4n) is 9.08. The summed E-state index contributed by atoms with van der Waals surface area (Å²) in [5, 5.41) is 48.3. The molecule has 26 nitrogen and oxygen atoms in total. The van der Waals surface area contributed by atoms with Gasteiger partial charge in [-0.25, -0.2) is 9.36 Å². The van der Waals surface area contributed by atoms with Crippen LogP contribution in [0.4, 0.5) is 11.4 Å². The van der Waals surface area contributed by atoms with E-state index in [0.29, 0.717) is 39.2 Å². The van der Waals surface area contributed by atoms with Crippen LogP contribution >= 0.6 is 20.0 Å². The van der Waals surface area contributed by atoms with Crippen molar-refractivity contribution in [1.29, 1.82) is 0 Å². The molecule has 0 saturated carbocycles. The number of nitrogens with two attached hydrogens (primary N) is 2. The molecule has 0 bridgehead atoms. The van der Waals surface area contributed by atoms with Gasteiger partial charge >= 0.3 is 13.8 Å². The van der Waals surface area contributed by atoms with Crippen molar-refractivity contribution in [3.05, 3.63) is 137 Å². The lowest BCUT2D eigenvalue weighted by atomic mass is 9.77. The molecule has 7 rings (SSSR count). The Kier molecular flexibility index (Phi) is 19.2. The predicted molar refractivity (Wildman–Crippen MR) is 296 cm³/mol. The number of amides is 7. The number of aliphatic hydroxyl groups is 1. The second-order valence-corrected chi connectivity index (χ2v) is 21.1. The van der Waals surface area contributed by atoms with Gasteiger partial charge in [0.1, 0.15) is 52.9 Å². The highest BCUT2D eigenvalue weighted by atomic mass is 32.1. The number of carbonyl (C=O) groups is 8. The van der Waals surface area contributed by atoms with Gasteiger partial charge < -0.3 is 78.0 Å². The number of esters is 1. The predicted octanol–water partition coefficient (Wildman–Crippen LogP) is 1.58. The molecule has 0 radical (unpaired) electrons. The van der Waals surface area contributed by atoms with E-state index < -0.39 is 104 Å². The molecule has 0 fully saturated rings. The number of phenolic OH excluding ortho intramolecular Hbond substituents is 2. The van der Waals surface area contributed by atoms with E-state index >= 15 is 0 Å². The normalized spacial score (nSPS) is 14.1. The van der Waals surface area contributed by atoms with E-state index in [1.165, 1.54) is 48.5 Å². The maximum Gasteiger partial charge on any atom is 0.524 e. The van der Waals surface area contributed by atoms with Crippen molar-refractivity contribution in [2.45, 2.75) is 75.7 Å². The van der Waals surface area contributed by atoms with Gasteiger partial charge in [0.25, 0.3) is 0 Å². The Bertz CT molecular complexity index is 3330. The van der Waals surface area contributed by atoms with Crippen LogP contribution in [-0.4, -0.2) is 115 Å². The van der Waals surface area contributed by atoms with Crippen LogP contribution in [0.1, 0.15) is 71.3 Å². The zero-order valence-corrected chi connectivity index (χ0v) is 45.5. The van der Waals surface area contributed by atoms with Crippen LogP contribution in [0, 0.1) is 5.92 Å². The van der Waals surface area contributed by atoms with Crippen molar-refractivity contribution >= 4 is 83.8 Å². The van der Waals surface area contributed by atoms with E-state index in [0.717, 1.165) is 0 Å². The van der Waals surface area contributed by atoms with Crippen molar-refractivity contribution in [2.24, 2.45) is 17.4 Å². The molecule has 432 valence electrons. The van der Waals surface area contributed by atoms with Gasteiger partial charge in [0, 0.05) is 53.0 Å². The first-order chi connectivity index (χ1) is 38.8. The highest BCUT2D eigenvalue weighted by molar-refractivity contribution is 7.80. The minimum atomic E-state index is -4.94. The number of aliphatic hydroxyl groups excluding tert-OH is 1. The van der Waals surface area contributed by atoms with Crippen LogP contribution in [0.2, 0.25) is 0 Å². The molecule has 2 aliphatic rings. The Labute approximate surface area is 472 Å². The molecule has 0 unspecified atom stereocenters. The van der Waals surface area contributed by atoms with E-state index in [1.54, 1.807) is 68.4 Å². The van der Waals surface area contributed by atoms with Crippen molar-refractivity contribution in [1.82, 2.24) is 26.6 Å². The summed E-state index contributed by atoms with van der Waals surface area (Å²) in [6, 6.07) is 19.8. The number of rotatable bonds is 24. The topological polar surface area (TPSA) is 419 Å². The average molecular weight is 1170 g/mol. The van der Waals surface area contributed by atoms with Crippen molar-refractivity contribution in [3.8, 4) is 28.7 Å². The summed E-state index contributed by atoms with van der Waals surface area (Å²) < 4.78 is 28.3. The first kappa shape index (κ1) is 60.5. The minimum Gasteiger partial charge on any atom is -0.508 e. The third-order valence-corrected chi connectivity index (χ3v) is 13.4. The fraction of sp³-hybridized carbons (Fsp3) is 0.278. The van der Waals surface area contributed by atoms with Gasteiger partial charge in [-0.2, -0.15) is 0 Å². The summed E-state index contributed by atoms with van der Waals surface area (Å²) in [6.45, 7) is 1.96. The smallest absolute Gasteiger partial charge is 0.508 e. The number of nitrogens with one attached hydrogen (secondary N) is 7. The largest absolute Gasteiger partial charge is 0.524 e. The summed E-state index contributed by atoms with van der Waals surface area (Å²) in [5.41, 5.74) is 12.3. The van der Waals surface area contributed by atoms with Crippen molar-refractivity contribution in [2.75, 3.05) is 23.8 Å². The van der Waals surface area contributed by atoms with Crippen LogP contribution < -0.4 is 57.9 Å². The number of hydrogen-bond acceptors (Lipinski definition) is 16. The Morgan fingerprint density at radius 1 is 0.695 bits per heavy atom. The van der Waals surface area contributed by atoms with Gasteiger partial charge in [0.05, 0.1) is 25.1 Å². The Morgan fingerprint density at radius 3 is 1.89 bits per heavy atom. The molecular formula is C54H58N9O17PS. The number of phosphoric acid groups is 1. The lowest BCUT2D eigenvalue weighted by Gasteiger charge is -2.36. The molecule has 1 spiro atoms. The molecule has 16 N–H and O–H groups in total. The number of fused-ring (bicyclic) bond motifs is 6. The standard InChI is InChI=1S/C54H58N9O17PS/c1-27(2)18-40(50(72)63-42(26-64)48(56)70)61-47(69)25-57-49(71)39(16-17-45(55)67)62-51(73)41(20-28-6-11-34(12-7-28)80-81(75,76)77)60-46(68)21-29-4-3-5-30(19-29)58-53(82)59-31-8-13-36-35(22-31)52(74)79-54(36)37-14-9-32(65)23-43(37)78-44-24-33(66)10-15-38(44)54/h3-15,19,22-24,27,39-42,64-66H,16-18,20-21,25-26H2,1-2H3,(H2,55,67)(H2,56,70)(H,57,71)(H,60,68)(H,61,69)(H,62,73)(H,63,72)(H2,58,59,82)(H2,75,76,77)/t39-,40-,41-,42-/m0/s1. The maximum absolute atomic E-state index is 14.2. The molecule has 5 aromatic rings. The van der Waals surface area contributed by atoms with Gasteiger partial charge in [-0.05, 0) is 103 Å². The van der Waals surface area contributed by atoms with Crippen molar-refractivity contribution < 1.29 is 82.0 Å². The van der Waals surface area contributed by atoms with Gasteiger partial charge in [0.2, 0.25) is 41.4 Å². The second-order valence-electron chi connectivity index (χ2n) is 19.5. The number of aromatic hydroxyl groups is 2. The van der Waals surface area contributed by atoms with E-state index in [1.807, 2.05) is 0 Å². The number of thiocarbonyl (C=S) groups is 1. The lowest BCUT2D eigenvalue weighted by molar-refractivity contribution is -0.134. The van der Waals surface area contributed by atoms with Crippen LogP contribution in [-0.2, 0) is 61.3 Å². The van der Waals surface area contributed by atoms with Crippen LogP contribution in [0.5, 0.6) is 28.7 Å². The summed E-state index contributed by atoms with van der Waals surface area (Å²) in [5.74, 6) is -6.95. The lowest BCUT2D eigenvalue weighted by Crippen LogP contribution is -2.57. The van der Waals surface area contributed by atoms with Crippen LogP contribution in [0.15, 0.2) is 103 Å². The fourth-order valence-corrected chi connectivity index (χ4v) is 9.71. The van der Waals surface area contributed by atoms with Gasteiger partial charge in [0.15, 0.2) is 10.7 Å². The quantitative estimate of drug-likeness (QED) is 0.0237. The molecule has 4 atom stereocenters. The molecule has 0 aliphatic carbocycles. The summed E-state index contributed by atoms with van der Waals surface area (Å²) in [6.07, 6.45) is -1.29. The second kappa shape index (κ2) is 26.0. The summed E-state index contributed by atoms with van der Waals surface area (Å²) >= 11 is 5.63. The number of phenols is 2. The van der Waals surface area contributed by atoms with Crippen LogP contribution in [0.3, 0.4) is 0 Å². The average Bonchev–Trinajstić information content (AvgIpc) is 1.59. The molecule has 0 saturated heterocycles. The minimum absolute atomic E-state index is 0.0775. The summed E-state index contributed by atoms with van der Waals surface area (Å²) in [7, 11) is -4.94. The zero-order chi connectivity index (χ0) is 59.6. The first-order valence-corrected chi connectivity index (χ1v) is 27.1. The van der Waals surface area contributed by atoms with Gasteiger partial charge in [-0.15, -0.1) is 0 Å². The maximum atomic E-state index is 14.2. The zero-order valence-electron chi connectivity index (χ0n) is 43.8. The molecule has 28 heteroatoms. The highest BCUT2D eigenvalue weighted by Gasteiger charge is 2.54. The highest BCUT2D eigenvalue weighted by Crippen LogP contribution is 2.57. The van der Waals surface area contributed by atoms with Gasteiger partial charge in [-0.1, -0.05) is 44.2 Å². The number of anilines is 2. The third-order valence-electron chi connectivity index (χ3n) is 12.8. The molecule has 0 aromatic heterocycles. The number of carbonyl (C=O) groups excluding carboxylic acids is 8. The van der Waals surface area contributed by atoms with Crippen LogP contribution in [0.25, 0.3) is 0 Å². The summed E-state index contributed by atoms with van der Waals surface area (Å²) in [4.78, 5) is 123. The Balaban J connectivity index is 1.03. The molecule has 2 heterocycles. The van der Waals surface area contributed by atoms with E-state index in [2.05, 4.69) is 41.7 Å². The SMILES string of the molecule is CC(C)C[C@H](NC(=O)CNC(=O)[C@H](CCC(N)=O)NC(=O)[C@H](Cc1ccc(OP(=O)(O)O)cc1)NC(=O)Cc1cccc(NC(=S)Nc2ccc3c(c2)C(=O)OC32c3ccc(O)cc3Oc3cc(O)ccc32)c1)C(=O)N[C@@H](CO)C(N)=O. The van der Waals surface area contributed by atoms with E-state index in [9.17, 15) is 68.0 Å². The number of hydrogen-bond donors (Lipinski definition) is 14. The Morgan fingerprint density at radius 2 is 1.29 bits per heavy atom. The number of primary amides is 2. The van der Waals surface area contributed by atoms with E-state index in [4.69, 9.17) is 33.2 Å². The number of phosphoric ester groups is 1. The Hall–Kier alpha value is -9.14. The number of ether oxygens (including phenoxy) is 2. The van der Waals surface area contributed by atoms with Gasteiger partial charge in [-0.3, -0.25) is 43.3 Å². The molecule has 2 aliphatic heterocycles. The third kappa shape index (κ3) is 15.4. The molecule has 82 heavy (non-hydrogen) atoms. The van der Waals surface area contributed by atoms with Crippen molar-refractivity contribution in [3.63, 3.8) is 0 Å². The monoisotopic (exact) mass is 1170 g/mol. The molecule has 5 aromatic carbocycles.